The van der Waals surface area contributed by atoms with Crippen LogP contribution in [0.4, 0.5) is 5.69 Å². The van der Waals surface area contributed by atoms with Gasteiger partial charge in [0.05, 0.1) is 18.1 Å². The summed E-state index contributed by atoms with van der Waals surface area (Å²) in [6.45, 7) is 3.98. The molecule has 0 aliphatic carbocycles. The summed E-state index contributed by atoms with van der Waals surface area (Å²) in [5, 5.41) is 3.15. The highest BCUT2D eigenvalue weighted by Crippen LogP contribution is 2.19. The first-order valence-corrected chi connectivity index (χ1v) is 7.04. The summed E-state index contributed by atoms with van der Waals surface area (Å²) in [5.41, 5.74) is 2.20. The van der Waals surface area contributed by atoms with Gasteiger partial charge < -0.3 is 4.90 Å². The van der Waals surface area contributed by atoms with Crippen molar-refractivity contribution in [3.63, 3.8) is 0 Å². The van der Waals surface area contributed by atoms with E-state index in [9.17, 15) is 0 Å². The van der Waals surface area contributed by atoms with E-state index in [0.717, 1.165) is 23.8 Å². The normalized spacial score (nSPS) is 10.5. The summed E-state index contributed by atoms with van der Waals surface area (Å²) in [7, 11) is 0. The van der Waals surface area contributed by atoms with Crippen molar-refractivity contribution in [2.24, 2.45) is 0 Å². The number of alkyl halides is 1. The molecular weight excluding hydrogens is 252 g/mol. The number of halogens is 1. The predicted octanol–water partition coefficient (Wildman–Crippen LogP) is 3.91. The molecule has 0 aliphatic rings. The summed E-state index contributed by atoms with van der Waals surface area (Å²) < 4.78 is 0. The lowest BCUT2D eigenvalue weighted by Crippen LogP contribution is -2.21. The van der Waals surface area contributed by atoms with Crippen molar-refractivity contribution < 1.29 is 0 Å². The zero-order valence-electron chi connectivity index (χ0n) is 9.77. The van der Waals surface area contributed by atoms with Gasteiger partial charge in [0.2, 0.25) is 0 Å². The maximum absolute atomic E-state index is 5.76. The average Bonchev–Trinajstić information content (AvgIpc) is 2.84. The van der Waals surface area contributed by atoms with Crippen LogP contribution in [0.3, 0.4) is 0 Å². The molecule has 0 amide bonds. The molecule has 0 fully saturated rings. The third-order valence-electron chi connectivity index (χ3n) is 2.57. The number of thiazole rings is 1. The number of rotatable bonds is 5. The Balaban J connectivity index is 2.10. The molecule has 2 nitrogen and oxygen atoms in total. The van der Waals surface area contributed by atoms with Gasteiger partial charge in [-0.15, -0.1) is 22.9 Å². The number of nitrogens with zero attached hydrogens (tertiary/aromatic N) is 2. The van der Waals surface area contributed by atoms with Gasteiger partial charge in [-0.2, -0.15) is 0 Å². The Labute approximate surface area is 111 Å². The number of anilines is 1. The molecule has 0 N–H and O–H groups in total. The molecule has 4 heteroatoms. The fourth-order valence-corrected chi connectivity index (χ4v) is 2.71. The van der Waals surface area contributed by atoms with Crippen molar-refractivity contribution in [2.45, 2.75) is 19.3 Å². The van der Waals surface area contributed by atoms with Crippen LogP contribution in [0.25, 0.3) is 0 Å². The van der Waals surface area contributed by atoms with Gasteiger partial charge in [0.25, 0.3) is 0 Å². The highest BCUT2D eigenvalue weighted by Gasteiger charge is 2.07. The van der Waals surface area contributed by atoms with Gasteiger partial charge in [-0.25, -0.2) is 4.98 Å². The van der Waals surface area contributed by atoms with E-state index in [1.165, 1.54) is 5.69 Å². The van der Waals surface area contributed by atoms with Crippen molar-refractivity contribution in [1.82, 2.24) is 4.98 Å². The number of hydrogen-bond acceptors (Lipinski definition) is 3. The Morgan fingerprint density at radius 2 is 2.06 bits per heavy atom. The third kappa shape index (κ3) is 3.20. The van der Waals surface area contributed by atoms with Crippen molar-refractivity contribution in [3.05, 3.63) is 46.4 Å². The van der Waals surface area contributed by atoms with Crippen molar-refractivity contribution in [3.8, 4) is 0 Å². The van der Waals surface area contributed by atoms with Gasteiger partial charge in [-0.1, -0.05) is 18.2 Å². The van der Waals surface area contributed by atoms with Crippen molar-refractivity contribution in [1.29, 1.82) is 0 Å². The molecule has 17 heavy (non-hydrogen) atoms. The van der Waals surface area contributed by atoms with Crippen LogP contribution < -0.4 is 4.90 Å². The van der Waals surface area contributed by atoms with Gasteiger partial charge in [-0.3, -0.25) is 0 Å². The van der Waals surface area contributed by atoms with E-state index in [1.807, 2.05) is 11.4 Å². The van der Waals surface area contributed by atoms with Crippen LogP contribution in [0, 0.1) is 0 Å². The second kappa shape index (κ2) is 6.03. The molecule has 0 bridgehead atoms. The SMILES string of the molecule is CCN(Cc1nc(CCl)cs1)c1ccccc1. The first-order valence-electron chi connectivity index (χ1n) is 5.62. The Morgan fingerprint density at radius 3 is 2.65 bits per heavy atom. The van der Waals surface area contributed by atoms with Crippen LogP contribution in [-0.2, 0) is 12.4 Å². The molecular formula is C13H15ClN2S. The second-order valence-electron chi connectivity index (χ2n) is 3.72. The summed E-state index contributed by atoms with van der Waals surface area (Å²) in [6, 6.07) is 10.4. The van der Waals surface area contributed by atoms with E-state index >= 15 is 0 Å². The molecule has 2 aromatic rings. The van der Waals surface area contributed by atoms with Gasteiger partial charge in [0.1, 0.15) is 5.01 Å². The topological polar surface area (TPSA) is 16.1 Å². The fraction of sp³-hybridized carbons (Fsp3) is 0.308. The van der Waals surface area contributed by atoms with Crippen LogP contribution in [0.2, 0.25) is 0 Å². The van der Waals surface area contributed by atoms with E-state index in [0.29, 0.717) is 5.88 Å². The van der Waals surface area contributed by atoms with E-state index in [1.54, 1.807) is 11.3 Å². The number of para-hydroxylation sites is 1. The fourth-order valence-electron chi connectivity index (χ4n) is 1.67. The smallest absolute Gasteiger partial charge is 0.112 e. The number of benzene rings is 1. The quantitative estimate of drug-likeness (QED) is 0.763. The Kier molecular flexibility index (Phi) is 4.40. The van der Waals surface area contributed by atoms with Gasteiger partial charge >= 0.3 is 0 Å². The summed E-state index contributed by atoms with van der Waals surface area (Å²) in [5.74, 6) is 0.494. The zero-order chi connectivity index (χ0) is 12.1. The molecule has 0 saturated carbocycles. The molecule has 1 heterocycles. The summed E-state index contributed by atoms with van der Waals surface area (Å²) in [4.78, 5) is 6.79. The van der Waals surface area contributed by atoms with Gasteiger partial charge in [0.15, 0.2) is 0 Å². The maximum atomic E-state index is 5.76. The minimum absolute atomic E-state index is 0.494. The van der Waals surface area contributed by atoms with E-state index in [4.69, 9.17) is 11.6 Å². The first-order chi connectivity index (χ1) is 8.33. The highest BCUT2D eigenvalue weighted by molar-refractivity contribution is 7.09. The molecule has 1 aromatic heterocycles. The van der Waals surface area contributed by atoms with Crippen molar-refractivity contribution in [2.75, 3.05) is 11.4 Å². The van der Waals surface area contributed by atoms with Gasteiger partial charge in [0, 0.05) is 17.6 Å². The Hall–Kier alpha value is -1.06. The molecule has 90 valence electrons. The molecule has 0 aliphatic heterocycles. The lowest BCUT2D eigenvalue weighted by molar-refractivity contribution is 0.822. The molecule has 0 atom stereocenters. The first kappa shape index (κ1) is 12.4. The minimum Gasteiger partial charge on any atom is -0.365 e. The van der Waals surface area contributed by atoms with Crippen LogP contribution in [0.5, 0.6) is 0 Å². The zero-order valence-corrected chi connectivity index (χ0v) is 11.3. The summed E-state index contributed by atoms with van der Waals surface area (Å²) in [6.07, 6.45) is 0. The average molecular weight is 267 g/mol. The van der Waals surface area contributed by atoms with Crippen LogP contribution in [0.15, 0.2) is 35.7 Å². The monoisotopic (exact) mass is 266 g/mol. The van der Waals surface area contributed by atoms with Crippen LogP contribution in [-0.4, -0.2) is 11.5 Å². The van der Waals surface area contributed by atoms with Crippen LogP contribution in [0.1, 0.15) is 17.6 Å². The molecule has 0 radical (unpaired) electrons. The van der Waals surface area contributed by atoms with Crippen molar-refractivity contribution >= 4 is 28.6 Å². The van der Waals surface area contributed by atoms with E-state index in [2.05, 4.69) is 41.1 Å². The molecule has 0 unspecified atom stereocenters. The lowest BCUT2D eigenvalue weighted by atomic mass is 10.3. The standard InChI is InChI=1S/C13H15ClN2S/c1-2-16(12-6-4-3-5-7-12)9-13-15-11(8-14)10-17-13/h3-7,10H,2,8-9H2,1H3. The second-order valence-corrected chi connectivity index (χ2v) is 4.93. The highest BCUT2D eigenvalue weighted by atomic mass is 35.5. The van der Waals surface area contributed by atoms with Crippen LogP contribution >= 0.6 is 22.9 Å². The maximum Gasteiger partial charge on any atom is 0.112 e. The minimum atomic E-state index is 0.494. The Morgan fingerprint density at radius 1 is 1.29 bits per heavy atom. The van der Waals surface area contributed by atoms with Gasteiger partial charge in [-0.05, 0) is 19.1 Å². The largest absolute Gasteiger partial charge is 0.365 e. The Bertz CT molecular complexity index is 455. The molecule has 0 spiro atoms. The molecule has 2 rings (SSSR count). The number of hydrogen-bond donors (Lipinski definition) is 0. The summed E-state index contributed by atoms with van der Waals surface area (Å²) >= 11 is 7.43. The molecule has 1 aromatic carbocycles. The predicted molar refractivity (Wildman–Crippen MR) is 74.8 cm³/mol. The number of aromatic nitrogens is 1. The third-order valence-corrected chi connectivity index (χ3v) is 3.72. The van der Waals surface area contributed by atoms with E-state index in [-0.39, 0.29) is 0 Å². The molecule has 0 saturated heterocycles. The lowest BCUT2D eigenvalue weighted by Gasteiger charge is -2.21. The van der Waals surface area contributed by atoms with E-state index < -0.39 is 0 Å².